The summed E-state index contributed by atoms with van der Waals surface area (Å²) in [6, 6.07) is 2.61. The van der Waals surface area contributed by atoms with Crippen LogP contribution in [-0.2, 0) is 9.59 Å². The Labute approximate surface area is 121 Å². The van der Waals surface area contributed by atoms with Crippen LogP contribution in [0.3, 0.4) is 0 Å². The van der Waals surface area contributed by atoms with Gasteiger partial charge in [-0.2, -0.15) is 0 Å². The van der Waals surface area contributed by atoms with E-state index in [2.05, 4.69) is 21.2 Å². The molecular formula is C12H10BrFN2O4. The fourth-order valence-corrected chi connectivity index (χ4v) is 2.23. The van der Waals surface area contributed by atoms with Gasteiger partial charge in [0, 0.05) is 11.0 Å². The number of benzene rings is 1. The molecule has 1 aromatic rings. The van der Waals surface area contributed by atoms with Gasteiger partial charge in [0.05, 0.1) is 5.56 Å². The Morgan fingerprint density at radius 1 is 1.45 bits per heavy atom. The lowest BCUT2D eigenvalue weighted by Gasteiger charge is -2.32. The molecule has 0 aliphatic carbocycles. The molecule has 1 aliphatic heterocycles. The van der Waals surface area contributed by atoms with E-state index in [9.17, 15) is 18.8 Å². The second-order valence-electron chi connectivity index (χ2n) is 4.22. The van der Waals surface area contributed by atoms with Crippen molar-refractivity contribution in [2.75, 3.05) is 13.1 Å². The highest BCUT2D eigenvalue weighted by molar-refractivity contribution is 9.10. The molecule has 106 valence electrons. The summed E-state index contributed by atoms with van der Waals surface area (Å²) in [4.78, 5) is 35.5. The molecule has 2 rings (SSSR count). The summed E-state index contributed by atoms with van der Waals surface area (Å²) >= 11 is 3.06. The summed E-state index contributed by atoms with van der Waals surface area (Å²) in [6.07, 6.45) is 0. The predicted octanol–water partition coefficient (Wildman–Crippen LogP) is 0.613. The monoisotopic (exact) mass is 344 g/mol. The van der Waals surface area contributed by atoms with Crippen LogP contribution in [0, 0.1) is 5.82 Å². The molecule has 0 spiro atoms. The van der Waals surface area contributed by atoms with E-state index in [-0.39, 0.29) is 12.1 Å². The van der Waals surface area contributed by atoms with Crippen molar-refractivity contribution in [1.29, 1.82) is 0 Å². The molecule has 1 saturated heterocycles. The molecule has 6 nitrogen and oxygen atoms in total. The Morgan fingerprint density at radius 2 is 2.15 bits per heavy atom. The molecule has 1 fully saturated rings. The van der Waals surface area contributed by atoms with Gasteiger partial charge in [0.15, 0.2) is 0 Å². The van der Waals surface area contributed by atoms with Crippen molar-refractivity contribution >= 4 is 33.7 Å². The van der Waals surface area contributed by atoms with Crippen LogP contribution in [0.5, 0.6) is 0 Å². The van der Waals surface area contributed by atoms with E-state index < -0.39 is 36.2 Å². The lowest BCUT2D eigenvalue weighted by Crippen LogP contribution is -2.59. The van der Waals surface area contributed by atoms with Crippen molar-refractivity contribution in [3.8, 4) is 0 Å². The number of carbonyl (C=O) groups excluding carboxylic acids is 2. The van der Waals surface area contributed by atoms with Crippen LogP contribution >= 0.6 is 15.9 Å². The maximum atomic E-state index is 13.8. The highest BCUT2D eigenvalue weighted by Crippen LogP contribution is 2.18. The van der Waals surface area contributed by atoms with Gasteiger partial charge in [-0.25, -0.2) is 9.18 Å². The van der Waals surface area contributed by atoms with Gasteiger partial charge in [-0.3, -0.25) is 9.59 Å². The third-order valence-electron chi connectivity index (χ3n) is 2.89. The molecule has 8 heteroatoms. The second-order valence-corrected chi connectivity index (χ2v) is 5.13. The number of aliphatic carboxylic acids is 1. The van der Waals surface area contributed by atoms with Crippen molar-refractivity contribution < 1.29 is 23.9 Å². The molecule has 1 atom stereocenters. The molecule has 1 aliphatic rings. The predicted molar refractivity (Wildman–Crippen MR) is 69.6 cm³/mol. The fraction of sp³-hybridized carbons (Fsp3) is 0.250. The van der Waals surface area contributed by atoms with Crippen molar-refractivity contribution in [3.63, 3.8) is 0 Å². The first-order chi connectivity index (χ1) is 9.40. The Morgan fingerprint density at radius 3 is 2.75 bits per heavy atom. The van der Waals surface area contributed by atoms with Gasteiger partial charge < -0.3 is 15.3 Å². The van der Waals surface area contributed by atoms with E-state index >= 15 is 0 Å². The summed E-state index contributed by atoms with van der Waals surface area (Å²) in [7, 11) is 0. The number of nitrogens with zero attached hydrogens (tertiary/aromatic N) is 1. The van der Waals surface area contributed by atoms with E-state index in [0.717, 1.165) is 11.0 Å². The Balaban J connectivity index is 2.33. The van der Waals surface area contributed by atoms with Crippen molar-refractivity contribution in [3.05, 3.63) is 34.1 Å². The first-order valence-electron chi connectivity index (χ1n) is 5.65. The van der Waals surface area contributed by atoms with Crippen LogP contribution in [0.2, 0.25) is 0 Å². The molecule has 0 saturated carbocycles. The molecule has 0 bridgehead atoms. The Hall–Kier alpha value is -1.96. The fourth-order valence-electron chi connectivity index (χ4n) is 1.89. The van der Waals surface area contributed by atoms with E-state index in [4.69, 9.17) is 5.11 Å². The lowest BCUT2D eigenvalue weighted by atomic mass is 10.1. The quantitative estimate of drug-likeness (QED) is 0.823. The number of rotatable bonds is 2. The number of halogens is 2. The highest BCUT2D eigenvalue weighted by atomic mass is 79.9. The molecule has 2 amide bonds. The number of carboxylic acids is 1. The lowest BCUT2D eigenvalue weighted by molar-refractivity contribution is -0.144. The third kappa shape index (κ3) is 2.79. The zero-order valence-corrected chi connectivity index (χ0v) is 11.7. The molecule has 1 heterocycles. The number of carbonyl (C=O) groups is 3. The molecule has 2 N–H and O–H groups in total. The number of carboxylic acid groups (broad SMARTS) is 1. The molecule has 1 unspecified atom stereocenters. The second kappa shape index (κ2) is 5.58. The van der Waals surface area contributed by atoms with Crippen LogP contribution in [0.25, 0.3) is 0 Å². The third-order valence-corrected chi connectivity index (χ3v) is 3.38. The van der Waals surface area contributed by atoms with Gasteiger partial charge in [-0.1, -0.05) is 15.9 Å². The summed E-state index contributed by atoms with van der Waals surface area (Å²) in [6.45, 7) is -0.608. The molecule has 1 aromatic carbocycles. The van der Waals surface area contributed by atoms with Crippen molar-refractivity contribution in [2.24, 2.45) is 0 Å². The maximum Gasteiger partial charge on any atom is 0.328 e. The number of nitrogens with one attached hydrogen (secondary N) is 1. The van der Waals surface area contributed by atoms with Gasteiger partial charge in [0.1, 0.15) is 18.4 Å². The topological polar surface area (TPSA) is 86.7 Å². The molecular weight excluding hydrogens is 335 g/mol. The average Bonchev–Trinajstić information content (AvgIpc) is 2.37. The van der Waals surface area contributed by atoms with E-state index in [0.29, 0.717) is 4.47 Å². The maximum absolute atomic E-state index is 13.8. The molecule has 0 aromatic heterocycles. The van der Waals surface area contributed by atoms with Gasteiger partial charge in [0.2, 0.25) is 5.91 Å². The van der Waals surface area contributed by atoms with E-state index in [1.54, 1.807) is 0 Å². The van der Waals surface area contributed by atoms with Crippen LogP contribution < -0.4 is 5.32 Å². The van der Waals surface area contributed by atoms with Crippen molar-refractivity contribution in [2.45, 2.75) is 6.04 Å². The standard InChI is InChI=1S/C12H10BrFN2O4/c13-6-1-2-7(8(14)3-6)11(18)16-5-10(17)15-4-9(16)12(19)20/h1-3,9H,4-5H2,(H,15,17)(H,19,20). The van der Waals surface area contributed by atoms with Gasteiger partial charge in [0.25, 0.3) is 5.91 Å². The van der Waals surface area contributed by atoms with Gasteiger partial charge in [-0.05, 0) is 18.2 Å². The van der Waals surface area contributed by atoms with Crippen LogP contribution in [0.1, 0.15) is 10.4 Å². The molecule has 0 radical (unpaired) electrons. The normalized spacial score (nSPS) is 18.6. The summed E-state index contributed by atoms with van der Waals surface area (Å²) in [5, 5.41) is 11.4. The van der Waals surface area contributed by atoms with Crippen LogP contribution in [-0.4, -0.2) is 46.9 Å². The minimum Gasteiger partial charge on any atom is -0.480 e. The SMILES string of the molecule is O=C1CN(C(=O)c2ccc(Br)cc2F)C(C(=O)O)CN1. The number of hydrogen-bond donors (Lipinski definition) is 2. The summed E-state index contributed by atoms with van der Waals surface area (Å²) < 4.78 is 14.2. The first-order valence-corrected chi connectivity index (χ1v) is 6.45. The Bertz CT molecular complexity index is 593. The van der Waals surface area contributed by atoms with E-state index in [1.807, 2.05) is 0 Å². The number of hydrogen-bond acceptors (Lipinski definition) is 3. The van der Waals surface area contributed by atoms with Crippen LogP contribution in [0.15, 0.2) is 22.7 Å². The average molecular weight is 345 g/mol. The summed E-state index contributed by atoms with van der Waals surface area (Å²) in [5.74, 6) is -3.33. The largest absolute Gasteiger partial charge is 0.480 e. The van der Waals surface area contributed by atoms with Crippen LogP contribution in [0.4, 0.5) is 4.39 Å². The van der Waals surface area contributed by atoms with Gasteiger partial charge >= 0.3 is 5.97 Å². The van der Waals surface area contributed by atoms with E-state index in [1.165, 1.54) is 12.1 Å². The highest BCUT2D eigenvalue weighted by Gasteiger charge is 2.36. The smallest absolute Gasteiger partial charge is 0.328 e. The molecule has 20 heavy (non-hydrogen) atoms. The first kappa shape index (κ1) is 14.4. The minimum atomic E-state index is -1.25. The number of piperazine rings is 1. The minimum absolute atomic E-state index is 0.196. The van der Waals surface area contributed by atoms with Crippen molar-refractivity contribution in [1.82, 2.24) is 10.2 Å². The summed E-state index contributed by atoms with van der Waals surface area (Å²) in [5.41, 5.74) is -0.269. The zero-order valence-electron chi connectivity index (χ0n) is 10.1. The Kier molecular flexibility index (Phi) is 4.03. The zero-order chi connectivity index (χ0) is 14.9. The number of amides is 2. The van der Waals surface area contributed by atoms with Gasteiger partial charge in [-0.15, -0.1) is 0 Å².